The third kappa shape index (κ3) is 3.50. The van der Waals surface area contributed by atoms with Crippen LogP contribution in [0.25, 0.3) is 0 Å². The van der Waals surface area contributed by atoms with Gasteiger partial charge in [-0.15, -0.1) is 0 Å². The van der Waals surface area contributed by atoms with Gasteiger partial charge in [-0.2, -0.15) is 0 Å². The van der Waals surface area contributed by atoms with E-state index in [1.807, 2.05) is 25.1 Å². The lowest BCUT2D eigenvalue weighted by molar-refractivity contribution is 0.000128. The number of nitrogens with zero attached hydrogens (tertiary/aromatic N) is 3. The molecule has 0 unspecified atom stereocenters. The molecule has 1 aliphatic carbocycles. The highest BCUT2D eigenvalue weighted by Gasteiger charge is 2.44. The van der Waals surface area contributed by atoms with Crippen molar-refractivity contribution in [2.24, 2.45) is 0 Å². The third-order valence-electron chi connectivity index (χ3n) is 4.96. The van der Waals surface area contributed by atoms with Crippen molar-refractivity contribution in [1.29, 1.82) is 0 Å². The van der Waals surface area contributed by atoms with Crippen LogP contribution in [0.15, 0.2) is 36.5 Å². The average Bonchev–Trinajstić information content (AvgIpc) is 2.90. The first kappa shape index (κ1) is 16.4. The summed E-state index contributed by atoms with van der Waals surface area (Å²) in [5, 5.41) is 0. The fourth-order valence-corrected chi connectivity index (χ4v) is 3.80. The number of aryl methyl sites for hydroxylation is 1. The van der Waals surface area contributed by atoms with E-state index in [-0.39, 0.29) is 24.1 Å². The maximum atomic E-state index is 14.0. The van der Waals surface area contributed by atoms with Gasteiger partial charge in [0.2, 0.25) is 0 Å². The van der Waals surface area contributed by atoms with E-state index in [0.29, 0.717) is 6.61 Å². The zero-order valence-electron chi connectivity index (χ0n) is 14.3. The van der Waals surface area contributed by atoms with E-state index in [1.54, 1.807) is 12.3 Å². The third-order valence-corrected chi connectivity index (χ3v) is 4.96. The lowest BCUT2D eigenvalue weighted by Gasteiger charge is -2.30. The zero-order chi connectivity index (χ0) is 17.2. The van der Waals surface area contributed by atoms with Crippen LogP contribution in [0.5, 0.6) is 5.88 Å². The van der Waals surface area contributed by atoms with Gasteiger partial charge in [-0.05, 0) is 44.0 Å². The van der Waals surface area contributed by atoms with Crippen LogP contribution in [0.3, 0.4) is 0 Å². The first-order chi connectivity index (χ1) is 12.2. The summed E-state index contributed by atoms with van der Waals surface area (Å²) in [6.45, 7) is 4.21. The first-order valence-electron chi connectivity index (χ1n) is 8.76. The second kappa shape index (κ2) is 7.06. The molecule has 5 nitrogen and oxygen atoms in total. The van der Waals surface area contributed by atoms with E-state index < -0.39 is 5.82 Å². The smallest absolute Gasteiger partial charge is 0.250 e. The Morgan fingerprint density at radius 3 is 3.04 bits per heavy atom. The van der Waals surface area contributed by atoms with E-state index in [4.69, 9.17) is 9.47 Å². The molecule has 0 radical (unpaired) electrons. The van der Waals surface area contributed by atoms with Gasteiger partial charge >= 0.3 is 0 Å². The monoisotopic (exact) mass is 343 g/mol. The highest BCUT2D eigenvalue weighted by atomic mass is 19.1. The highest BCUT2D eigenvalue weighted by molar-refractivity contribution is 5.15. The van der Waals surface area contributed by atoms with Crippen LogP contribution in [0, 0.1) is 12.7 Å². The van der Waals surface area contributed by atoms with Gasteiger partial charge in [-0.3, -0.25) is 9.88 Å². The minimum absolute atomic E-state index is 0.0122. The molecule has 1 saturated heterocycles. The van der Waals surface area contributed by atoms with Crippen LogP contribution >= 0.6 is 0 Å². The molecule has 25 heavy (non-hydrogen) atoms. The Bertz CT molecular complexity index is 742. The molecule has 4 rings (SSSR count). The molecule has 2 aromatic rings. The molecule has 0 spiro atoms. The van der Waals surface area contributed by atoms with Gasteiger partial charge in [0.25, 0.3) is 5.88 Å². The molecule has 3 atom stereocenters. The summed E-state index contributed by atoms with van der Waals surface area (Å²) in [6.07, 6.45) is 3.21. The van der Waals surface area contributed by atoms with Crippen LogP contribution in [0.4, 0.5) is 4.39 Å². The maximum Gasteiger partial charge on any atom is 0.250 e. The number of halogens is 1. The molecule has 2 bridgehead atoms. The Labute approximate surface area is 146 Å². The molecule has 2 fully saturated rings. The van der Waals surface area contributed by atoms with Crippen molar-refractivity contribution in [1.82, 2.24) is 14.9 Å². The molecule has 0 aromatic carbocycles. The summed E-state index contributed by atoms with van der Waals surface area (Å²) in [7, 11) is 0. The second-order valence-corrected chi connectivity index (χ2v) is 6.67. The summed E-state index contributed by atoms with van der Waals surface area (Å²) >= 11 is 0. The molecule has 1 saturated carbocycles. The van der Waals surface area contributed by atoms with Crippen molar-refractivity contribution in [3.63, 3.8) is 0 Å². The summed E-state index contributed by atoms with van der Waals surface area (Å²) in [6, 6.07) is 9.18. The average molecular weight is 343 g/mol. The standard InChI is InChI=1S/C19H22FN3O2/c1-13-4-2-5-14(22-13)12-23-10-11-24-17-8-7-16(23)18(17)25-19-15(20)6-3-9-21-19/h2-6,9,16-18H,7-8,10-12H2,1H3/t16-,17-,18+/m0/s1. The van der Waals surface area contributed by atoms with E-state index in [0.717, 1.165) is 37.3 Å². The Hall–Kier alpha value is -2.05. The lowest BCUT2D eigenvalue weighted by Crippen LogP contribution is -2.44. The van der Waals surface area contributed by atoms with E-state index >= 15 is 0 Å². The van der Waals surface area contributed by atoms with Gasteiger partial charge in [0.1, 0.15) is 6.10 Å². The largest absolute Gasteiger partial charge is 0.468 e. The molecular formula is C19H22FN3O2. The minimum Gasteiger partial charge on any atom is -0.468 e. The van der Waals surface area contributed by atoms with Gasteiger partial charge in [-0.25, -0.2) is 9.37 Å². The Balaban J connectivity index is 1.54. The quantitative estimate of drug-likeness (QED) is 0.854. The summed E-state index contributed by atoms with van der Waals surface area (Å²) in [5.74, 6) is -0.374. The molecule has 6 heteroatoms. The lowest BCUT2D eigenvalue weighted by atomic mass is 10.1. The van der Waals surface area contributed by atoms with Crippen LogP contribution in [-0.4, -0.2) is 46.3 Å². The summed E-state index contributed by atoms with van der Waals surface area (Å²) in [4.78, 5) is 11.0. The van der Waals surface area contributed by atoms with E-state index in [9.17, 15) is 4.39 Å². The number of rotatable bonds is 4. The fourth-order valence-electron chi connectivity index (χ4n) is 3.80. The number of aromatic nitrogens is 2. The Morgan fingerprint density at radius 1 is 1.28 bits per heavy atom. The van der Waals surface area contributed by atoms with Crippen molar-refractivity contribution in [2.45, 2.75) is 44.6 Å². The summed E-state index contributed by atoms with van der Waals surface area (Å²) < 4.78 is 25.9. The van der Waals surface area contributed by atoms with Gasteiger partial charge in [-0.1, -0.05) is 6.07 Å². The van der Waals surface area contributed by atoms with Gasteiger partial charge in [0.15, 0.2) is 5.82 Å². The molecule has 1 aliphatic heterocycles. The Kier molecular flexibility index (Phi) is 4.63. The SMILES string of the molecule is Cc1cccc(CN2CCO[C@H]3CC[C@H]2[C@H]3Oc2ncccc2F)n1. The number of fused-ring (bicyclic) bond motifs is 2. The van der Waals surface area contributed by atoms with Crippen LogP contribution in [-0.2, 0) is 11.3 Å². The van der Waals surface area contributed by atoms with Crippen molar-refractivity contribution in [3.8, 4) is 5.88 Å². The predicted octanol–water partition coefficient (Wildman–Crippen LogP) is 2.73. The van der Waals surface area contributed by atoms with Crippen LogP contribution < -0.4 is 4.74 Å². The minimum atomic E-state index is -0.432. The topological polar surface area (TPSA) is 47.5 Å². The number of hydrogen-bond donors (Lipinski definition) is 0. The fraction of sp³-hybridized carbons (Fsp3) is 0.474. The van der Waals surface area contributed by atoms with Gasteiger partial charge in [0.05, 0.1) is 18.4 Å². The number of pyridine rings is 2. The first-order valence-corrected chi connectivity index (χ1v) is 8.76. The van der Waals surface area contributed by atoms with Crippen molar-refractivity contribution in [3.05, 3.63) is 53.7 Å². The maximum absolute atomic E-state index is 14.0. The second-order valence-electron chi connectivity index (χ2n) is 6.67. The molecule has 2 aromatic heterocycles. The number of ether oxygens (including phenoxy) is 2. The number of hydrogen-bond acceptors (Lipinski definition) is 5. The van der Waals surface area contributed by atoms with E-state index in [2.05, 4.69) is 14.9 Å². The highest BCUT2D eigenvalue weighted by Crippen LogP contribution is 2.33. The van der Waals surface area contributed by atoms with Crippen molar-refractivity contribution < 1.29 is 13.9 Å². The normalized spacial score (nSPS) is 26.4. The van der Waals surface area contributed by atoms with Crippen LogP contribution in [0.1, 0.15) is 24.2 Å². The molecule has 2 aliphatic rings. The summed E-state index contributed by atoms with van der Waals surface area (Å²) in [5.41, 5.74) is 2.05. The van der Waals surface area contributed by atoms with Crippen molar-refractivity contribution in [2.75, 3.05) is 13.2 Å². The zero-order valence-corrected chi connectivity index (χ0v) is 14.3. The Morgan fingerprint density at radius 2 is 2.20 bits per heavy atom. The van der Waals surface area contributed by atoms with Crippen molar-refractivity contribution >= 4 is 0 Å². The van der Waals surface area contributed by atoms with Crippen LogP contribution in [0.2, 0.25) is 0 Å². The van der Waals surface area contributed by atoms with Gasteiger partial charge in [0, 0.05) is 31.0 Å². The molecular weight excluding hydrogens is 321 g/mol. The molecule has 3 heterocycles. The predicted molar refractivity (Wildman–Crippen MR) is 90.8 cm³/mol. The molecule has 0 amide bonds. The van der Waals surface area contributed by atoms with E-state index in [1.165, 1.54) is 6.07 Å². The van der Waals surface area contributed by atoms with Gasteiger partial charge < -0.3 is 9.47 Å². The molecule has 0 N–H and O–H groups in total. The molecule has 132 valence electrons.